The van der Waals surface area contributed by atoms with Gasteiger partial charge in [-0.15, -0.1) is 0 Å². The van der Waals surface area contributed by atoms with E-state index in [2.05, 4.69) is 18.7 Å². The van der Waals surface area contributed by atoms with Crippen molar-refractivity contribution in [1.82, 2.24) is 4.90 Å². The molecule has 1 aliphatic heterocycles. The third kappa shape index (κ3) is 10.3. The monoisotopic (exact) mass is 295 g/mol. The molecule has 0 spiro atoms. The fourth-order valence-electron chi connectivity index (χ4n) is 3.68. The highest BCUT2D eigenvalue weighted by molar-refractivity contribution is 4.75. The van der Waals surface area contributed by atoms with Gasteiger partial charge in [-0.1, -0.05) is 84.5 Å². The molecule has 0 amide bonds. The van der Waals surface area contributed by atoms with Crippen LogP contribution in [-0.4, -0.2) is 24.5 Å². The molecule has 0 aliphatic carbocycles. The summed E-state index contributed by atoms with van der Waals surface area (Å²) in [7, 11) is 0. The number of unbranched alkanes of at least 4 members (excludes halogenated alkanes) is 10. The van der Waals surface area contributed by atoms with Crippen LogP contribution in [0.25, 0.3) is 0 Å². The van der Waals surface area contributed by atoms with Gasteiger partial charge in [-0.05, 0) is 38.3 Å². The molecule has 0 aromatic heterocycles. The molecular weight excluding hydrogens is 254 g/mol. The van der Waals surface area contributed by atoms with Crippen LogP contribution in [0.4, 0.5) is 0 Å². The maximum Gasteiger partial charge on any atom is 0.00101 e. The quantitative estimate of drug-likeness (QED) is 0.334. The predicted octanol–water partition coefficient (Wildman–Crippen LogP) is 6.42. The van der Waals surface area contributed by atoms with Crippen molar-refractivity contribution < 1.29 is 0 Å². The average Bonchev–Trinajstić information content (AvgIpc) is 2.94. The number of likely N-dealkylation sites (tertiary alicyclic amines) is 1. The number of nitrogens with zero attached hydrogens (tertiary/aromatic N) is 1. The molecule has 1 fully saturated rings. The summed E-state index contributed by atoms with van der Waals surface area (Å²) in [5.74, 6) is 1.02. The summed E-state index contributed by atoms with van der Waals surface area (Å²) in [6.45, 7) is 8.77. The zero-order valence-corrected chi connectivity index (χ0v) is 15.0. The summed E-state index contributed by atoms with van der Waals surface area (Å²) in [6, 6.07) is 0. The van der Waals surface area contributed by atoms with E-state index < -0.39 is 0 Å². The molecule has 126 valence electrons. The van der Waals surface area contributed by atoms with Crippen LogP contribution in [0.5, 0.6) is 0 Å². The summed E-state index contributed by atoms with van der Waals surface area (Å²) < 4.78 is 0. The van der Waals surface area contributed by atoms with Crippen molar-refractivity contribution in [2.45, 2.75) is 104 Å². The van der Waals surface area contributed by atoms with Gasteiger partial charge in [0.15, 0.2) is 0 Å². The van der Waals surface area contributed by atoms with E-state index in [1.165, 1.54) is 110 Å². The molecule has 0 bridgehead atoms. The van der Waals surface area contributed by atoms with Crippen molar-refractivity contribution in [3.05, 3.63) is 0 Å². The Kier molecular flexibility index (Phi) is 12.3. The Balaban J connectivity index is 1.88. The lowest BCUT2D eigenvalue weighted by atomic mass is 9.99. The maximum absolute atomic E-state index is 2.74. The van der Waals surface area contributed by atoms with Gasteiger partial charge in [0.2, 0.25) is 0 Å². The van der Waals surface area contributed by atoms with Crippen LogP contribution in [0.15, 0.2) is 0 Å². The van der Waals surface area contributed by atoms with Crippen molar-refractivity contribution >= 4 is 0 Å². The van der Waals surface area contributed by atoms with Gasteiger partial charge in [-0.3, -0.25) is 0 Å². The van der Waals surface area contributed by atoms with Gasteiger partial charge in [0.1, 0.15) is 0 Å². The fourth-order valence-corrected chi connectivity index (χ4v) is 3.68. The van der Waals surface area contributed by atoms with Crippen molar-refractivity contribution in [1.29, 1.82) is 0 Å². The lowest BCUT2D eigenvalue weighted by molar-refractivity contribution is 0.309. The third-order valence-electron chi connectivity index (χ3n) is 5.16. The first-order chi connectivity index (χ1) is 10.4. The van der Waals surface area contributed by atoms with Crippen molar-refractivity contribution in [3.63, 3.8) is 0 Å². The maximum atomic E-state index is 2.74. The van der Waals surface area contributed by atoms with Gasteiger partial charge in [-0.25, -0.2) is 0 Å². The van der Waals surface area contributed by atoms with Crippen molar-refractivity contribution in [2.24, 2.45) is 5.92 Å². The van der Waals surface area contributed by atoms with E-state index in [4.69, 9.17) is 0 Å². The minimum absolute atomic E-state index is 1.02. The SMILES string of the molecule is CCCCCCCCC1CCN(CCCCCCCC)C1. The van der Waals surface area contributed by atoms with E-state index in [1.54, 1.807) is 0 Å². The zero-order valence-electron chi connectivity index (χ0n) is 15.0. The molecule has 1 unspecified atom stereocenters. The lowest BCUT2D eigenvalue weighted by Crippen LogP contribution is -2.21. The molecule has 1 aliphatic rings. The molecule has 1 saturated heterocycles. The minimum Gasteiger partial charge on any atom is -0.303 e. The summed E-state index contributed by atoms with van der Waals surface area (Å²) >= 11 is 0. The van der Waals surface area contributed by atoms with Crippen LogP contribution in [-0.2, 0) is 0 Å². The summed E-state index contributed by atoms with van der Waals surface area (Å²) in [4.78, 5) is 2.74. The average molecular weight is 296 g/mol. The molecule has 0 N–H and O–H groups in total. The van der Waals surface area contributed by atoms with E-state index >= 15 is 0 Å². The normalized spacial score (nSPS) is 19.4. The first-order valence-electron chi connectivity index (χ1n) is 10.1. The standard InChI is InChI=1S/C20H41N/c1-3-5-7-9-11-13-15-20-16-18-21(19-20)17-14-12-10-8-6-4-2/h20H,3-19H2,1-2H3. The molecule has 1 heteroatoms. The molecule has 1 nitrogen and oxygen atoms in total. The van der Waals surface area contributed by atoms with Gasteiger partial charge in [0.05, 0.1) is 0 Å². The third-order valence-corrected chi connectivity index (χ3v) is 5.16. The summed E-state index contributed by atoms with van der Waals surface area (Å²) in [5, 5.41) is 0. The molecule has 0 aromatic rings. The molecule has 0 radical (unpaired) electrons. The van der Waals surface area contributed by atoms with Crippen molar-refractivity contribution in [2.75, 3.05) is 19.6 Å². The van der Waals surface area contributed by atoms with E-state index in [1.807, 2.05) is 0 Å². The van der Waals surface area contributed by atoms with E-state index in [0.717, 1.165) is 5.92 Å². The molecule has 21 heavy (non-hydrogen) atoms. The Hall–Kier alpha value is -0.0400. The Morgan fingerprint density at radius 1 is 0.714 bits per heavy atom. The number of hydrogen-bond donors (Lipinski definition) is 0. The van der Waals surface area contributed by atoms with Crippen LogP contribution in [0.3, 0.4) is 0 Å². The van der Waals surface area contributed by atoms with Crippen LogP contribution in [0.2, 0.25) is 0 Å². The second-order valence-corrected chi connectivity index (χ2v) is 7.28. The molecular formula is C20H41N. The zero-order chi connectivity index (χ0) is 15.2. The number of hydrogen-bond acceptors (Lipinski definition) is 1. The van der Waals surface area contributed by atoms with Crippen LogP contribution in [0.1, 0.15) is 104 Å². The second kappa shape index (κ2) is 13.6. The predicted molar refractivity (Wildman–Crippen MR) is 95.9 cm³/mol. The largest absolute Gasteiger partial charge is 0.303 e. The lowest BCUT2D eigenvalue weighted by Gasteiger charge is -2.15. The Bertz CT molecular complexity index is 192. The van der Waals surface area contributed by atoms with Gasteiger partial charge in [-0.2, -0.15) is 0 Å². The Morgan fingerprint density at radius 2 is 1.29 bits per heavy atom. The first-order valence-corrected chi connectivity index (χ1v) is 10.1. The molecule has 0 aromatic carbocycles. The van der Waals surface area contributed by atoms with E-state index in [-0.39, 0.29) is 0 Å². The van der Waals surface area contributed by atoms with Gasteiger partial charge in [0, 0.05) is 6.54 Å². The topological polar surface area (TPSA) is 3.24 Å². The Labute approximate surface area is 134 Å². The van der Waals surface area contributed by atoms with E-state index in [0.29, 0.717) is 0 Å². The highest BCUT2D eigenvalue weighted by Crippen LogP contribution is 2.23. The van der Waals surface area contributed by atoms with E-state index in [9.17, 15) is 0 Å². The van der Waals surface area contributed by atoms with Gasteiger partial charge >= 0.3 is 0 Å². The summed E-state index contributed by atoms with van der Waals surface area (Å²) in [6.07, 6.45) is 20.3. The van der Waals surface area contributed by atoms with Gasteiger partial charge < -0.3 is 4.90 Å². The molecule has 0 saturated carbocycles. The Morgan fingerprint density at radius 3 is 1.95 bits per heavy atom. The number of rotatable bonds is 14. The van der Waals surface area contributed by atoms with Gasteiger partial charge in [0.25, 0.3) is 0 Å². The van der Waals surface area contributed by atoms with Crippen LogP contribution in [0, 0.1) is 5.92 Å². The highest BCUT2D eigenvalue weighted by Gasteiger charge is 2.21. The highest BCUT2D eigenvalue weighted by atomic mass is 15.1. The minimum atomic E-state index is 1.02. The second-order valence-electron chi connectivity index (χ2n) is 7.28. The smallest absolute Gasteiger partial charge is 0.00101 e. The molecule has 1 rings (SSSR count). The van der Waals surface area contributed by atoms with Crippen LogP contribution >= 0.6 is 0 Å². The van der Waals surface area contributed by atoms with Crippen LogP contribution < -0.4 is 0 Å². The first kappa shape index (κ1) is 19.0. The van der Waals surface area contributed by atoms with Crippen molar-refractivity contribution in [3.8, 4) is 0 Å². The molecule has 1 atom stereocenters. The molecule has 1 heterocycles. The summed E-state index contributed by atoms with van der Waals surface area (Å²) in [5.41, 5.74) is 0. The fraction of sp³-hybridized carbons (Fsp3) is 1.00.